The maximum Gasteiger partial charge on any atom is 0.340 e. The first-order valence-corrected chi connectivity index (χ1v) is 31.4. The van der Waals surface area contributed by atoms with Gasteiger partial charge in [-0.3, -0.25) is 14.5 Å². The second kappa shape index (κ2) is 28.9. The maximum atomic E-state index is 12.6. The van der Waals surface area contributed by atoms with Gasteiger partial charge in [0.1, 0.15) is 0 Å². The first-order valence-electron chi connectivity index (χ1n) is 31.4. The number of hydrogen-bond donors (Lipinski definition) is 8. The highest BCUT2D eigenvalue weighted by molar-refractivity contribution is 6.54. The zero-order valence-electron chi connectivity index (χ0n) is 52.4. The zero-order chi connectivity index (χ0) is 66.3. The number of rotatable bonds is 4. The Bertz CT molecular complexity index is 4540. The number of aryl methyl sites for hydroxylation is 10. The highest BCUT2D eigenvalue weighted by atomic mass is 16.5. The van der Waals surface area contributed by atoms with Crippen LogP contribution in [-0.2, 0) is 78.5 Å². The van der Waals surface area contributed by atoms with E-state index >= 15 is 0 Å². The lowest BCUT2D eigenvalue weighted by atomic mass is 10.00. The van der Waals surface area contributed by atoms with Crippen LogP contribution in [0.15, 0.2) is 200 Å². The number of esters is 2. The number of carboxylic acid groups (broad SMARTS) is 2. The number of nitrogens with two attached hydrogens (primary N) is 2. The number of carbonyl (C=O) groups is 6. The Morgan fingerprint density at radius 3 is 1.11 bits per heavy atom. The second-order valence-electron chi connectivity index (χ2n) is 23.4. The summed E-state index contributed by atoms with van der Waals surface area (Å²) in [5, 5.41) is 31.9. The predicted octanol–water partition coefficient (Wildman–Crippen LogP) is 15.5. The largest absolute Gasteiger partial charge is 0.478 e. The molecular weight excluding hydrogens is 1210 g/mol. The smallest absolute Gasteiger partial charge is 0.340 e. The van der Waals surface area contributed by atoms with Gasteiger partial charge >= 0.3 is 29.8 Å². The minimum atomic E-state index is -1.03. The highest BCUT2D eigenvalue weighted by Gasteiger charge is 2.42. The molecule has 10 aromatic carbocycles. The molecule has 0 saturated carbocycles. The van der Waals surface area contributed by atoms with Crippen LogP contribution < -0.4 is 37.6 Å². The number of fused-ring (bicyclic) bond motifs is 10. The van der Waals surface area contributed by atoms with Crippen LogP contribution in [0.1, 0.15) is 115 Å². The van der Waals surface area contributed by atoms with Crippen molar-refractivity contribution in [3.05, 3.63) is 284 Å². The number of nitrogen functional groups attached to an aromatic ring is 2. The third kappa shape index (κ3) is 13.5. The molecule has 10 N–H and O–H groups in total. The van der Waals surface area contributed by atoms with Gasteiger partial charge in [0.05, 0.1) is 93.2 Å². The second-order valence-corrected chi connectivity index (χ2v) is 23.4. The molecule has 96 heavy (non-hydrogen) atoms. The van der Waals surface area contributed by atoms with E-state index in [-0.39, 0.29) is 24.5 Å². The summed E-state index contributed by atoms with van der Waals surface area (Å²) in [6.45, 7) is 0. The number of para-hydroxylation sites is 10. The number of aromatic carboxylic acids is 2. The summed E-state index contributed by atoms with van der Waals surface area (Å²) in [7, 11) is 2.71. The first-order chi connectivity index (χ1) is 46.2. The van der Waals surface area contributed by atoms with Crippen molar-refractivity contribution in [3.8, 4) is 0 Å². The van der Waals surface area contributed by atoms with E-state index in [0.717, 1.165) is 100 Å². The maximum absolute atomic E-state index is 12.6. The molecule has 10 aromatic rings. The number of carbonyl (C=O) groups excluding carboxylic acids is 4. The zero-order valence-corrected chi connectivity index (χ0v) is 52.4. The number of carboxylic acids is 2. The van der Waals surface area contributed by atoms with Gasteiger partial charge in [0.2, 0.25) is 0 Å². The molecule has 17 nitrogen and oxygen atoms in total. The third-order valence-electron chi connectivity index (χ3n) is 17.8. The third-order valence-corrected chi connectivity index (χ3v) is 17.8. The molecule has 0 aromatic heterocycles. The Morgan fingerprint density at radius 2 is 0.667 bits per heavy atom. The van der Waals surface area contributed by atoms with Crippen molar-refractivity contribution in [2.75, 3.05) is 51.9 Å². The van der Waals surface area contributed by atoms with E-state index in [4.69, 9.17) is 20.9 Å². The van der Waals surface area contributed by atoms with E-state index in [1.54, 1.807) is 42.5 Å². The van der Waals surface area contributed by atoms with Gasteiger partial charge in [-0.15, -0.1) is 0 Å². The fraction of sp³-hybridized carbons (Fsp3) is 0.165. The highest BCUT2D eigenvalue weighted by Crippen LogP contribution is 2.45. The summed E-state index contributed by atoms with van der Waals surface area (Å²) >= 11 is 0. The molecule has 6 aliphatic heterocycles. The van der Waals surface area contributed by atoms with Crippen molar-refractivity contribution in [3.63, 3.8) is 0 Å². The van der Waals surface area contributed by atoms with Gasteiger partial charge in [0.25, 0.3) is 5.78 Å². The molecule has 6 heterocycles. The fourth-order valence-corrected chi connectivity index (χ4v) is 13.0. The molecule has 0 spiro atoms. The van der Waals surface area contributed by atoms with E-state index in [1.165, 1.54) is 70.4 Å². The van der Waals surface area contributed by atoms with Gasteiger partial charge in [-0.2, -0.15) is 0 Å². The lowest BCUT2D eigenvalue weighted by Gasteiger charge is -2.21. The molecule has 0 bridgehead atoms. The lowest BCUT2D eigenvalue weighted by Crippen LogP contribution is -2.27. The molecule has 0 radical (unpaired) electrons. The summed E-state index contributed by atoms with van der Waals surface area (Å²) < 4.78 is 9.69. The number of methoxy groups -OCH3 is 2. The van der Waals surface area contributed by atoms with Crippen LogP contribution in [0.3, 0.4) is 0 Å². The summed E-state index contributed by atoms with van der Waals surface area (Å²) in [5.74, 6) is -4.04. The number of nitrogens with one attached hydrogen (secondary N) is 4. The standard InChI is InChI=1S/C18H13NO4.C16H13NO4.C16H15NO2.C14H15N3.C14H13N.CH4/c1-23-18(22)13-7-3-5-11-9-8-10-4-2-6-12-14(10)19(15(11)13)17(21)16(12)20;18-15(19)11-5-1-3-9-7-8-10-4-2-6-12(16(20)21)14(10)17-13(9)11;1-19-16(18)13-7-4-6-12-10-9-11-5-2-3-8-14(11)17-15(12)13;15-11-5-1-3-9-7-8-10-4-2-6-12(16)14(10)17-13(9)11;1-3-7-13-11(5-1)9-10-12-6-2-4-8-14(12)15-13;/h2-7H,8-9H2,1H3;1-6,17H,7-8H2,(H,18,19)(H,20,21);2-8,17H,9-10H2,1H3;1-6,17H,7-8,15-16H2;1-8,15H,9-10H2;1H4. The van der Waals surface area contributed by atoms with Crippen LogP contribution >= 0.6 is 0 Å². The van der Waals surface area contributed by atoms with Crippen LogP contribution in [0.5, 0.6) is 0 Å². The van der Waals surface area contributed by atoms with Crippen molar-refractivity contribution in [1.82, 2.24) is 0 Å². The molecule has 0 atom stereocenters. The summed E-state index contributed by atoms with van der Waals surface area (Å²) in [6.07, 6.45) is 8.85. The van der Waals surface area contributed by atoms with E-state index in [0.29, 0.717) is 65.1 Å². The van der Waals surface area contributed by atoms with E-state index in [2.05, 4.69) is 94.1 Å². The Balaban J connectivity index is 0.000000122. The van der Waals surface area contributed by atoms with Crippen LogP contribution in [0.25, 0.3) is 0 Å². The summed E-state index contributed by atoms with van der Waals surface area (Å²) in [4.78, 5) is 73.0. The summed E-state index contributed by atoms with van der Waals surface area (Å²) in [5.41, 5.74) is 35.0. The first kappa shape index (κ1) is 65.5. The number of amides is 1. The molecule has 16 rings (SSSR count). The fourth-order valence-electron chi connectivity index (χ4n) is 13.0. The Morgan fingerprint density at radius 1 is 0.354 bits per heavy atom. The van der Waals surface area contributed by atoms with Crippen molar-refractivity contribution in [2.24, 2.45) is 0 Å². The quantitative estimate of drug-likeness (QED) is 0.0462. The Kier molecular flexibility index (Phi) is 19.7. The van der Waals surface area contributed by atoms with Crippen LogP contribution in [-0.4, -0.2) is 60.0 Å². The number of anilines is 12. The molecular formula is C79H73N7O10. The molecule has 17 heteroatoms. The minimum Gasteiger partial charge on any atom is -0.478 e. The van der Waals surface area contributed by atoms with Crippen LogP contribution in [0.2, 0.25) is 0 Å². The number of ether oxygens (including phenoxy) is 2. The summed E-state index contributed by atoms with van der Waals surface area (Å²) in [6, 6.07) is 63.9. The van der Waals surface area contributed by atoms with Gasteiger partial charge in [-0.05, 0) is 181 Å². The van der Waals surface area contributed by atoms with Crippen molar-refractivity contribution in [1.29, 1.82) is 0 Å². The molecule has 484 valence electrons. The van der Waals surface area contributed by atoms with E-state index in [9.17, 15) is 39.0 Å². The van der Waals surface area contributed by atoms with Gasteiger partial charge in [0.15, 0.2) is 0 Å². The number of Topliss-reactive ketones (excluding diaryl/α,β-unsaturated/α-hetero) is 1. The van der Waals surface area contributed by atoms with E-state index in [1.807, 2.05) is 72.8 Å². The number of benzene rings is 10. The van der Waals surface area contributed by atoms with Crippen molar-refractivity contribution >= 4 is 104 Å². The molecule has 0 aliphatic carbocycles. The normalized spacial score (nSPS) is 13.3. The molecule has 0 fully saturated rings. The SMILES string of the molecule is C.COC(=O)c1cccc2c1N1C(=O)C(=O)c3cccc(c31)CC2.COC(=O)c1cccc2c1Nc1ccccc1CC2.Nc1cccc2c1Nc1c(N)cccc1CC2.O=C(O)c1cccc2c1Nc1c(cccc1C(=O)O)CC2.c1ccc2c(c1)CCc1ccccc1N2. The molecule has 1 amide bonds. The minimum absolute atomic E-state index is 0. The van der Waals surface area contributed by atoms with Crippen molar-refractivity contribution in [2.45, 2.75) is 71.6 Å². The number of hydrogen-bond acceptors (Lipinski definition) is 14. The van der Waals surface area contributed by atoms with Crippen LogP contribution in [0.4, 0.5) is 68.2 Å². The molecule has 0 unspecified atom stereocenters. The average Bonchev–Trinajstić information content (AvgIpc) is 1.58. The number of ketones is 1. The lowest BCUT2D eigenvalue weighted by molar-refractivity contribution is -0.113. The predicted molar refractivity (Wildman–Crippen MR) is 378 cm³/mol. The topological polar surface area (TPSA) is 265 Å². The molecule has 0 saturated heterocycles. The van der Waals surface area contributed by atoms with Gasteiger partial charge in [0, 0.05) is 17.1 Å². The van der Waals surface area contributed by atoms with Crippen molar-refractivity contribution < 1.29 is 48.5 Å². The van der Waals surface area contributed by atoms with Gasteiger partial charge in [-0.25, -0.2) is 19.2 Å². The van der Waals surface area contributed by atoms with Gasteiger partial charge in [-0.1, -0.05) is 147 Å². The van der Waals surface area contributed by atoms with E-state index < -0.39 is 29.6 Å². The molecule has 6 aliphatic rings. The Labute approximate surface area is 556 Å². The monoisotopic (exact) mass is 1280 g/mol. The van der Waals surface area contributed by atoms with Gasteiger partial charge < -0.3 is 52.4 Å². The Hall–Kier alpha value is -12.0. The van der Waals surface area contributed by atoms with Crippen LogP contribution in [0, 0.1) is 0 Å². The average molecular weight is 1280 g/mol. The number of nitrogens with zero attached hydrogens (tertiary/aromatic N) is 1.